The first-order valence-corrected chi connectivity index (χ1v) is 7.03. The molecule has 1 heterocycles. The smallest absolute Gasteiger partial charge is 0.234 e. The van der Waals surface area contributed by atoms with Gasteiger partial charge in [-0.2, -0.15) is 0 Å². The van der Waals surface area contributed by atoms with Crippen molar-refractivity contribution >= 4 is 23.5 Å². The summed E-state index contributed by atoms with van der Waals surface area (Å²) in [5.74, 6) is 0.852. The number of thioether (sulfide) groups is 1. The van der Waals surface area contributed by atoms with Crippen molar-refractivity contribution in [1.82, 2.24) is 10.6 Å². The van der Waals surface area contributed by atoms with E-state index in [-0.39, 0.29) is 29.5 Å². The average molecular weight is 259 g/mol. The summed E-state index contributed by atoms with van der Waals surface area (Å²) in [4.78, 5) is 23.6. The van der Waals surface area contributed by atoms with Crippen LogP contribution in [0.2, 0.25) is 0 Å². The van der Waals surface area contributed by atoms with Crippen LogP contribution in [0.5, 0.6) is 0 Å². The molecule has 4 N–H and O–H groups in total. The van der Waals surface area contributed by atoms with Gasteiger partial charge in [-0.3, -0.25) is 14.9 Å². The van der Waals surface area contributed by atoms with Crippen molar-refractivity contribution in [3.63, 3.8) is 0 Å². The Labute approximate surface area is 106 Å². The molecule has 1 rings (SSSR count). The van der Waals surface area contributed by atoms with Gasteiger partial charge in [-0.1, -0.05) is 20.3 Å². The second-order valence-corrected chi connectivity index (χ2v) is 5.46. The minimum atomic E-state index is -0.431. The summed E-state index contributed by atoms with van der Waals surface area (Å²) in [6.07, 6.45) is 0.846. The number of ketones is 1. The first-order chi connectivity index (χ1) is 8.10. The summed E-state index contributed by atoms with van der Waals surface area (Å²) in [5, 5.41) is 5.68. The molecule has 1 amide bonds. The predicted octanol–water partition coefficient (Wildman–Crippen LogP) is -0.292. The van der Waals surface area contributed by atoms with Crippen LogP contribution in [0.3, 0.4) is 0 Å². The minimum absolute atomic E-state index is 0.0589. The van der Waals surface area contributed by atoms with Gasteiger partial charge in [-0.15, -0.1) is 11.8 Å². The topological polar surface area (TPSA) is 84.2 Å². The summed E-state index contributed by atoms with van der Waals surface area (Å²) in [6, 6.07) is -0.431. The van der Waals surface area contributed by atoms with Crippen LogP contribution in [0.4, 0.5) is 0 Å². The second kappa shape index (κ2) is 6.98. The van der Waals surface area contributed by atoms with Crippen LogP contribution >= 0.6 is 11.8 Å². The van der Waals surface area contributed by atoms with E-state index in [1.165, 1.54) is 0 Å². The van der Waals surface area contributed by atoms with Gasteiger partial charge < -0.3 is 11.1 Å². The van der Waals surface area contributed by atoms with Crippen molar-refractivity contribution in [2.24, 2.45) is 11.7 Å². The number of amides is 1. The normalized spacial score (nSPS) is 23.1. The number of rotatable bonds is 6. The molecule has 0 aromatic rings. The van der Waals surface area contributed by atoms with Crippen LogP contribution in [-0.2, 0) is 9.59 Å². The molecular weight excluding hydrogens is 238 g/mol. The van der Waals surface area contributed by atoms with Crippen LogP contribution in [-0.4, -0.2) is 41.9 Å². The average Bonchev–Trinajstić information content (AvgIpc) is 2.87. The van der Waals surface area contributed by atoms with E-state index in [9.17, 15) is 9.59 Å². The maximum Gasteiger partial charge on any atom is 0.234 e. The van der Waals surface area contributed by atoms with E-state index >= 15 is 0 Å². The van der Waals surface area contributed by atoms with Crippen LogP contribution in [0, 0.1) is 5.92 Å². The Hall–Kier alpha value is -0.590. The molecule has 0 radical (unpaired) electrons. The van der Waals surface area contributed by atoms with Gasteiger partial charge in [0.1, 0.15) is 5.37 Å². The molecule has 1 aliphatic rings. The molecule has 6 heteroatoms. The number of nitrogens with one attached hydrogen (secondary N) is 2. The van der Waals surface area contributed by atoms with Gasteiger partial charge in [-0.25, -0.2) is 0 Å². The Morgan fingerprint density at radius 2 is 2.29 bits per heavy atom. The number of hydrogen-bond donors (Lipinski definition) is 3. The summed E-state index contributed by atoms with van der Waals surface area (Å²) in [5.41, 5.74) is 5.27. The second-order valence-electron chi connectivity index (χ2n) is 4.24. The molecule has 98 valence electrons. The third-order valence-corrected chi connectivity index (χ3v) is 4.17. The summed E-state index contributed by atoms with van der Waals surface area (Å²) in [7, 11) is 0. The molecular formula is C11H21N3O2S. The van der Waals surface area contributed by atoms with E-state index in [0.717, 1.165) is 18.7 Å². The third-order valence-electron chi connectivity index (χ3n) is 3.00. The Kier molecular flexibility index (Phi) is 5.94. The highest BCUT2D eigenvalue weighted by atomic mass is 32.2. The maximum absolute atomic E-state index is 12.3. The van der Waals surface area contributed by atoms with Gasteiger partial charge in [0.25, 0.3) is 0 Å². The lowest BCUT2D eigenvalue weighted by Crippen LogP contribution is -2.51. The van der Waals surface area contributed by atoms with Gasteiger partial charge in [0.05, 0.1) is 12.6 Å². The number of Topliss-reactive ketones (excluding diaryl/α,β-unsaturated/α-hetero) is 1. The zero-order chi connectivity index (χ0) is 12.8. The largest absolute Gasteiger partial charge is 0.345 e. The molecule has 1 fully saturated rings. The van der Waals surface area contributed by atoms with Crippen LogP contribution in [0.15, 0.2) is 0 Å². The van der Waals surface area contributed by atoms with Gasteiger partial charge in [0, 0.05) is 12.3 Å². The molecule has 5 nitrogen and oxygen atoms in total. The van der Waals surface area contributed by atoms with Crippen molar-refractivity contribution in [3.05, 3.63) is 0 Å². The molecule has 0 aromatic carbocycles. The van der Waals surface area contributed by atoms with E-state index in [1.54, 1.807) is 11.8 Å². The van der Waals surface area contributed by atoms with Crippen LogP contribution < -0.4 is 16.4 Å². The van der Waals surface area contributed by atoms with Crippen LogP contribution in [0.1, 0.15) is 20.3 Å². The lowest BCUT2D eigenvalue weighted by atomic mass is 9.95. The van der Waals surface area contributed by atoms with Gasteiger partial charge >= 0.3 is 0 Å². The Morgan fingerprint density at radius 1 is 1.59 bits per heavy atom. The monoisotopic (exact) mass is 259 g/mol. The van der Waals surface area contributed by atoms with Crippen LogP contribution in [0.25, 0.3) is 0 Å². The molecule has 1 saturated heterocycles. The highest BCUT2D eigenvalue weighted by Crippen LogP contribution is 2.19. The summed E-state index contributed by atoms with van der Waals surface area (Å²) in [6.45, 7) is 4.75. The lowest BCUT2D eigenvalue weighted by molar-refractivity contribution is -0.128. The summed E-state index contributed by atoms with van der Waals surface area (Å²) >= 11 is 1.60. The molecule has 3 atom stereocenters. The van der Waals surface area contributed by atoms with Crippen molar-refractivity contribution in [3.8, 4) is 0 Å². The Bertz CT molecular complexity index is 280. The Morgan fingerprint density at radius 3 is 2.76 bits per heavy atom. The zero-order valence-electron chi connectivity index (χ0n) is 10.4. The van der Waals surface area contributed by atoms with Crippen molar-refractivity contribution in [1.29, 1.82) is 0 Å². The lowest BCUT2D eigenvalue weighted by Gasteiger charge is -2.25. The fourth-order valence-electron chi connectivity index (χ4n) is 1.73. The highest BCUT2D eigenvalue weighted by Gasteiger charge is 2.33. The molecule has 0 spiro atoms. The first-order valence-electron chi connectivity index (χ1n) is 5.98. The molecule has 0 aliphatic carbocycles. The zero-order valence-corrected chi connectivity index (χ0v) is 11.2. The number of hydrogen-bond acceptors (Lipinski definition) is 5. The third kappa shape index (κ3) is 3.97. The molecule has 3 unspecified atom stereocenters. The first kappa shape index (κ1) is 14.5. The van der Waals surface area contributed by atoms with Gasteiger partial charge in [0.15, 0.2) is 5.78 Å². The molecule has 0 aromatic heterocycles. The van der Waals surface area contributed by atoms with Gasteiger partial charge in [-0.05, 0) is 5.92 Å². The quantitative estimate of drug-likeness (QED) is 0.610. The number of carbonyl (C=O) groups is 2. The van der Waals surface area contributed by atoms with E-state index in [0.29, 0.717) is 0 Å². The minimum Gasteiger partial charge on any atom is -0.345 e. The van der Waals surface area contributed by atoms with Crippen molar-refractivity contribution in [2.45, 2.75) is 31.7 Å². The number of nitrogens with two attached hydrogens (primary N) is 1. The fraction of sp³-hybridized carbons (Fsp3) is 0.818. The maximum atomic E-state index is 12.3. The highest BCUT2D eigenvalue weighted by molar-refractivity contribution is 8.00. The van der Waals surface area contributed by atoms with Crippen molar-refractivity contribution in [2.75, 3.05) is 18.8 Å². The molecule has 1 aliphatic heterocycles. The van der Waals surface area contributed by atoms with E-state index < -0.39 is 6.04 Å². The van der Waals surface area contributed by atoms with Gasteiger partial charge in [0.2, 0.25) is 5.91 Å². The summed E-state index contributed by atoms with van der Waals surface area (Å²) < 4.78 is 0. The van der Waals surface area contributed by atoms with E-state index in [4.69, 9.17) is 5.73 Å². The molecule has 17 heavy (non-hydrogen) atoms. The van der Waals surface area contributed by atoms with Crippen molar-refractivity contribution < 1.29 is 9.59 Å². The van der Waals surface area contributed by atoms with E-state index in [2.05, 4.69) is 10.6 Å². The standard InChI is InChI=1S/C11H21N3O2S/c1-3-7(2)9(14-8(15)6-12)10(16)11-13-4-5-17-11/h7,9,11,13H,3-6,12H2,1-2H3,(H,14,15). The predicted molar refractivity (Wildman–Crippen MR) is 69.7 cm³/mol. The Balaban J connectivity index is 2.67. The van der Waals surface area contributed by atoms with E-state index in [1.807, 2.05) is 13.8 Å². The molecule has 0 bridgehead atoms. The molecule has 0 saturated carbocycles. The number of carbonyl (C=O) groups excluding carboxylic acids is 2. The SMILES string of the molecule is CCC(C)C(NC(=O)CN)C(=O)C1NCCS1. The fourth-order valence-corrected chi connectivity index (χ4v) is 2.75.